The number of nitrogens with one attached hydrogen (secondary N) is 1. The third kappa shape index (κ3) is 6.38. The lowest BCUT2D eigenvalue weighted by Gasteiger charge is -2.26. The molecule has 0 aliphatic rings. The van der Waals surface area contributed by atoms with Gasteiger partial charge in [0.2, 0.25) is 0 Å². The lowest BCUT2D eigenvalue weighted by molar-refractivity contribution is -0.138. The highest BCUT2D eigenvalue weighted by Gasteiger charge is 2.33. The fraction of sp³-hybridized carbons (Fsp3) is 0.321. The molecule has 192 valence electrons. The predicted molar refractivity (Wildman–Crippen MR) is 136 cm³/mol. The first kappa shape index (κ1) is 27.5. The smallest absolute Gasteiger partial charge is 0.386 e. The van der Waals surface area contributed by atoms with Crippen LogP contribution in [0.1, 0.15) is 53.4 Å². The summed E-state index contributed by atoms with van der Waals surface area (Å²) in [5, 5.41) is 2.93. The Bertz CT molecular complexity index is 1220. The van der Waals surface area contributed by atoms with Crippen molar-refractivity contribution in [3.63, 3.8) is 0 Å². The Labute approximate surface area is 214 Å². The van der Waals surface area contributed by atoms with Crippen LogP contribution in [0.4, 0.5) is 23.2 Å². The summed E-state index contributed by atoms with van der Waals surface area (Å²) in [6.07, 6.45) is -4.58. The molecule has 0 atom stereocenters. The zero-order valence-corrected chi connectivity index (χ0v) is 21.4. The van der Waals surface area contributed by atoms with Crippen LogP contribution in [0.3, 0.4) is 0 Å². The molecule has 0 heterocycles. The van der Waals surface area contributed by atoms with Crippen molar-refractivity contribution in [1.29, 1.82) is 0 Å². The fourth-order valence-corrected chi connectivity index (χ4v) is 4.27. The van der Waals surface area contributed by atoms with E-state index in [0.29, 0.717) is 0 Å². The largest absolute Gasteiger partial charge is 0.416 e. The summed E-state index contributed by atoms with van der Waals surface area (Å²) in [4.78, 5) is 15.0. The quantitative estimate of drug-likeness (QED) is 0.323. The minimum Gasteiger partial charge on any atom is -0.386 e. The van der Waals surface area contributed by atoms with Gasteiger partial charge >= 0.3 is 6.18 Å². The lowest BCUT2D eigenvalue weighted by atomic mass is 9.87. The van der Waals surface area contributed by atoms with Crippen LogP contribution < -0.4 is 5.32 Å². The number of amides is 1. The number of carbonyl (C=O) groups excluding carboxylic acids is 1. The molecule has 0 saturated carbocycles. The first-order chi connectivity index (χ1) is 16.8. The van der Waals surface area contributed by atoms with E-state index in [0.717, 1.165) is 23.3 Å². The van der Waals surface area contributed by atoms with Crippen LogP contribution in [-0.2, 0) is 24.6 Å². The van der Waals surface area contributed by atoms with Gasteiger partial charge in [-0.25, -0.2) is 4.39 Å². The molecule has 3 rings (SSSR count). The van der Waals surface area contributed by atoms with Gasteiger partial charge < -0.3 is 10.2 Å². The van der Waals surface area contributed by atoms with Gasteiger partial charge in [-0.1, -0.05) is 74.8 Å². The van der Waals surface area contributed by atoms with E-state index < -0.39 is 23.5 Å². The van der Waals surface area contributed by atoms with Gasteiger partial charge in [-0.15, -0.1) is 0 Å². The van der Waals surface area contributed by atoms with E-state index in [2.05, 4.69) is 26.1 Å². The van der Waals surface area contributed by atoms with E-state index in [1.165, 1.54) is 36.2 Å². The minimum absolute atomic E-state index is 0.0535. The van der Waals surface area contributed by atoms with Crippen LogP contribution in [0.2, 0.25) is 5.02 Å². The van der Waals surface area contributed by atoms with Crippen molar-refractivity contribution in [1.82, 2.24) is 4.90 Å². The van der Waals surface area contributed by atoms with E-state index in [-0.39, 0.29) is 46.8 Å². The number of halogens is 5. The van der Waals surface area contributed by atoms with Gasteiger partial charge in [-0.3, -0.25) is 4.79 Å². The molecule has 0 radical (unpaired) electrons. The maximum Gasteiger partial charge on any atom is 0.416 e. The van der Waals surface area contributed by atoms with E-state index in [9.17, 15) is 22.4 Å². The maximum atomic E-state index is 14.8. The number of rotatable bonds is 7. The van der Waals surface area contributed by atoms with Gasteiger partial charge in [-0.2, -0.15) is 13.2 Å². The number of benzene rings is 3. The van der Waals surface area contributed by atoms with Crippen LogP contribution in [-0.4, -0.2) is 24.4 Å². The van der Waals surface area contributed by atoms with Gasteiger partial charge in [0.1, 0.15) is 5.82 Å². The number of hydrogen-bond donors (Lipinski definition) is 1. The topological polar surface area (TPSA) is 32.3 Å². The molecule has 1 amide bonds. The summed E-state index contributed by atoms with van der Waals surface area (Å²) in [7, 11) is 1.52. The van der Waals surface area contributed by atoms with E-state index in [4.69, 9.17) is 11.6 Å². The second-order valence-electron chi connectivity index (χ2n) is 9.61. The van der Waals surface area contributed by atoms with Crippen LogP contribution in [0.15, 0.2) is 60.7 Å². The summed E-state index contributed by atoms with van der Waals surface area (Å²) >= 11 is 6.19. The van der Waals surface area contributed by atoms with Crippen molar-refractivity contribution in [3.05, 3.63) is 99.3 Å². The predicted octanol–water partition coefficient (Wildman–Crippen LogP) is 7.72. The molecule has 0 saturated heterocycles. The Hall–Kier alpha value is -3.06. The van der Waals surface area contributed by atoms with Gasteiger partial charge in [0.25, 0.3) is 5.91 Å². The monoisotopic (exact) mass is 520 g/mol. The summed E-state index contributed by atoms with van der Waals surface area (Å²) in [6, 6.07) is 15.4. The molecule has 0 aliphatic heterocycles. The van der Waals surface area contributed by atoms with E-state index in [1.54, 1.807) is 0 Å². The SMILES string of the molecule is CNc1c(Cl)ccc(F)c1C(=O)N(CCc1ccccc1C(F)(F)F)Cc1ccc(C(C)(C)C)cc1. The third-order valence-corrected chi connectivity index (χ3v) is 6.34. The minimum atomic E-state index is -4.52. The molecule has 0 spiro atoms. The molecule has 0 aromatic heterocycles. The molecule has 0 unspecified atom stereocenters. The Morgan fingerprint density at radius 1 is 0.972 bits per heavy atom. The Morgan fingerprint density at radius 2 is 1.61 bits per heavy atom. The molecule has 3 aromatic rings. The van der Waals surface area contributed by atoms with E-state index in [1.807, 2.05) is 24.3 Å². The van der Waals surface area contributed by atoms with Crippen molar-refractivity contribution < 1.29 is 22.4 Å². The lowest BCUT2D eigenvalue weighted by Crippen LogP contribution is -2.34. The first-order valence-electron chi connectivity index (χ1n) is 11.5. The normalized spacial score (nSPS) is 11.9. The molecule has 8 heteroatoms. The highest BCUT2D eigenvalue weighted by Crippen LogP contribution is 2.33. The van der Waals surface area contributed by atoms with Crippen molar-refractivity contribution in [2.75, 3.05) is 18.9 Å². The number of alkyl halides is 3. The van der Waals surface area contributed by atoms with Gasteiger partial charge in [0.15, 0.2) is 0 Å². The average Bonchev–Trinajstić information content (AvgIpc) is 2.82. The second-order valence-corrected chi connectivity index (χ2v) is 10.0. The maximum absolute atomic E-state index is 14.8. The Morgan fingerprint density at radius 3 is 2.19 bits per heavy atom. The Balaban J connectivity index is 1.98. The van der Waals surface area contributed by atoms with Gasteiger partial charge in [0, 0.05) is 20.1 Å². The molecule has 0 bridgehead atoms. The molecule has 3 aromatic carbocycles. The third-order valence-electron chi connectivity index (χ3n) is 6.02. The summed E-state index contributed by atoms with van der Waals surface area (Å²) in [5.41, 5.74) is 0.991. The van der Waals surface area contributed by atoms with Crippen molar-refractivity contribution in [2.45, 2.75) is 45.3 Å². The van der Waals surface area contributed by atoms with Crippen molar-refractivity contribution in [3.8, 4) is 0 Å². The second kappa shape index (κ2) is 10.9. The first-order valence-corrected chi connectivity index (χ1v) is 11.9. The molecular weight excluding hydrogens is 492 g/mol. The van der Waals surface area contributed by atoms with Gasteiger partial charge in [-0.05, 0) is 46.7 Å². The Kier molecular flexibility index (Phi) is 8.34. The summed E-state index contributed by atoms with van der Waals surface area (Å²) in [5.74, 6) is -1.43. The number of carbonyl (C=O) groups is 1. The number of hydrogen-bond acceptors (Lipinski definition) is 2. The summed E-state index contributed by atoms with van der Waals surface area (Å²) in [6.45, 7) is 6.28. The molecule has 36 heavy (non-hydrogen) atoms. The molecule has 3 nitrogen and oxygen atoms in total. The zero-order valence-electron chi connectivity index (χ0n) is 20.6. The molecule has 1 N–H and O–H groups in total. The highest BCUT2D eigenvalue weighted by molar-refractivity contribution is 6.34. The highest BCUT2D eigenvalue weighted by atomic mass is 35.5. The van der Waals surface area contributed by atoms with E-state index >= 15 is 0 Å². The standard InChI is InChI=1S/C28H29ClF4N2O/c1-27(2,3)20-11-9-18(10-12-20)17-35(16-15-19-7-5-6-8-21(19)28(31,32)33)26(36)24-23(30)14-13-22(29)25(24)34-4/h5-14,34H,15-17H2,1-4H3. The van der Waals surface area contributed by atoms with Crippen LogP contribution in [0.5, 0.6) is 0 Å². The van der Waals surface area contributed by atoms with Crippen molar-refractivity contribution >= 4 is 23.2 Å². The number of nitrogens with zero attached hydrogens (tertiary/aromatic N) is 1. The van der Waals surface area contributed by atoms with Crippen LogP contribution in [0, 0.1) is 5.82 Å². The molecule has 0 fully saturated rings. The average molecular weight is 521 g/mol. The fourth-order valence-electron chi connectivity index (χ4n) is 4.02. The van der Waals surface area contributed by atoms with Crippen LogP contribution >= 0.6 is 11.6 Å². The van der Waals surface area contributed by atoms with Crippen LogP contribution in [0.25, 0.3) is 0 Å². The molecule has 0 aliphatic carbocycles. The summed E-state index contributed by atoms with van der Waals surface area (Å²) < 4.78 is 55.4. The van der Waals surface area contributed by atoms with Crippen molar-refractivity contribution in [2.24, 2.45) is 0 Å². The zero-order chi connectivity index (χ0) is 26.7. The van der Waals surface area contributed by atoms with Gasteiger partial charge in [0.05, 0.1) is 21.8 Å². The molecular formula is C28H29ClF4N2O. The number of anilines is 1.